The van der Waals surface area contributed by atoms with Crippen molar-refractivity contribution in [1.29, 1.82) is 0 Å². The van der Waals surface area contributed by atoms with Gasteiger partial charge >= 0.3 is 0 Å². The van der Waals surface area contributed by atoms with Gasteiger partial charge in [-0.1, -0.05) is 18.2 Å². The van der Waals surface area contributed by atoms with Gasteiger partial charge in [-0.2, -0.15) is 0 Å². The van der Waals surface area contributed by atoms with Crippen molar-refractivity contribution in [3.05, 3.63) is 84.5 Å². The molecule has 0 spiro atoms. The minimum Gasteiger partial charge on any atom is -0.464 e. The Morgan fingerprint density at radius 1 is 1.04 bits per heavy atom. The van der Waals surface area contributed by atoms with Crippen LogP contribution in [0.1, 0.15) is 22.1 Å². The SMILES string of the molecule is O=C(NC(CO)c1ccccn1)c1ccc(-c2nccc3occc23)cc1. The Morgan fingerprint density at radius 3 is 2.63 bits per heavy atom. The first-order valence-corrected chi connectivity index (χ1v) is 8.51. The number of furan rings is 1. The molecule has 0 fully saturated rings. The number of aliphatic hydroxyl groups is 1. The fourth-order valence-corrected chi connectivity index (χ4v) is 2.94. The largest absolute Gasteiger partial charge is 0.464 e. The summed E-state index contributed by atoms with van der Waals surface area (Å²) in [5.74, 6) is -0.277. The van der Waals surface area contributed by atoms with Gasteiger partial charge in [0.15, 0.2) is 0 Å². The lowest BCUT2D eigenvalue weighted by molar-refractivity contribution is 0.0914. The third-order valence-electron chi connectivity index (χ3n) is 4.33. The smallest absolute Gasteiger partial charge is 0.251 e. The molecule has 0 saturated carbocycles. The van der Waals surface area contributed by atoms with Crippen LogP contribution < -0.4 is 5.32 Å². The number of hydrogen-bond donors (Lipinski definition) is 2. The third kappa shape index (κ3) is 3.43. The molecule has 134 valence electrons. The number of hydrogen-bond acceptors (Lipinski definition) is 5. The van der Waals surface area contributed by atoms with Crippen molar-refractivity contribution in [3.63, 3.8) is 0 Å². The number of fused-ring (bicyclic) bond motifs is 1. The molecule has 6 nitrogen and oxygen atoms in total. The van der Waals surface area contributed by atoms with Crippen LogP contribution in [0.15, 0.2) is 77.7 Å². The summed E-state index contributed by atoms with van der Waals surface area (Å²) in [6, 6.07) is 15.7. The molecule has 0 saturated heterocycles. The number of nitrogens with zero attached hydrogens (tertiary/aromatic N) is 2. The molecule has 1 aromatic carbocycles. The molecule has 0 aliphatic carbocycles. The second kappa shape index (κ2) is 7.39. The summed E-state index contributed by atoms with van der Waals surface area (Å²) in [7, 11) is 0. The van der Waals surface area contributed by atoms with Gasteiger partial charge in [-0.05, 0) is 36.4 Å². The Labute approximate surface area is 155 Å². The van der Waals surface area contributed by atoms with Crippen LogP contribution in [-0.2, 0) is 0 Å². The van der Waals surface area contributed by atoms with Crippen molar-refractivity contribution in [1.82, 2.24) is 15.3 Å². The lowest BCUT2D eigenvalue weighted by Gasteiger charge is -2.15. The lowest BCUT2D eigenvalue weighted by Crippen LogP contribution is -2.31. The van der Waals surface area contributed by atoms with Gasteiger partial charge in [0.05, 0.1) is 30.3 Å². The number of benzene rings is 1. The van der Waals surface area contributed by atoms with Crippen LogP contribution in [0.2, 0.25) is 0 Å². The van der Waals surface area contributed by atoms with Gasteiger partial charge in [-0.3, -0.25) is 14.8 Å². The Balaban J connectivity index is 1.55. The minimum absolute atomic E-state index is 0.229. The van der Waals surface area contributed by atoms with Gasteiger partial charge in [0.25, 0.3) is 5.91 Å². The van der Waals surface area contributed by atoms with E-state index in [4.69, 9.17) is 4.42 Å². The first-order valence-electron chi connectivity index (χ1n) is 8.51. The van der Waals surface area contributed by atoms with E-state index in [-0.39, 0.29) is 12.5 Å². The van der Waals surface area contributed by atoms with Gasteiger partial charge in [-0.25, -0.2) is 0 Å². The van der Waals surface area contributed by atoms with Gasteiger partial charge in [0, 0.05) is 28.9 Å². The topological polar surface area (TPSA) is 88.2 Å². The van der Waals surface area contributed by atoms with Crippen LogP contribution in [0.5, 0.6) is 0 Å². The van der Waals surface area contributed by atoms with Crippen LogP contribution in [0.4, 0.5) is 0 Å². The molecule has 4 rings (SSSR count). The van der Waals surface area contributed by atoms with E-state index < -0.39 is 6.04 Å². The molecule has 3 aromatic heterocycles. The van der Waals surface area contributed by atoms with Crippen LogP contribution >= 0.6 is 0 Å². The Morgan fingerprint density at radius 2 is 1.89 bits per heavy atom. The number of nitrogens with one attached hydrogen (secondary N) is 1. The monoisotopic (exact) mass is 359 g/mol. The maximum atomic E-state index is 12.5. The molecular formula is C21H17N3O3. The average molecular weight is 359 g/mol. The van der Waals surface area contributed by atoms with E-state index in [2.05, 4.69) is 15.3 Å². The van der Waals surface area contributed by atoms with Crippen molar-refractivity contribution in [2.75, 3.05) is 6.61 Å². The summed E-state index contributed by atoms with van der Waals surface area (Å²) in [6.07, 6.45) is 4.95. The average Bonchev–Trinajstić information content (AvgIpc) is 3.21. The van der Waals surface area contributed by atoms with Crippen molar-refractivity contribution in [3.8, 4) is 11.3 Å². The number of rotatable bonds is 5. The maximum absolute atomic E-state index is 12.5. The Bertz CT molecular complexity index is 1060. The standard InChI is InChI=1S/C21H17N3O3/c25-13-18(17-3-1-2-10-22-17)24-21(26)15-6-4-14(5-7-15)20-16-9-12-27-19(16)8-11-23-20/h1-12,18,25H,13H2,(H,24,26). The van der Waals surface area contributed by atoms with Crippen molar-refractivity contribution in [2.45, 2.75) is 6.04 Å². The summed E-state index contributed by atoms with van der Waals surface area (Å²) in [4.78, 5) is 21.1. The Hall–Kier alpha value is -3.51. The first kappa shape index (κ1) is 16.9. The summed E-state index contributed by atoms with van der Waals surface area (Å²) in [6.45, 7) is -0.229. The predicted molar refractivity (Wildman–Crippen MR) is 101 cm³/mol. The molecule has 27 heavy (non-hydrogen) atoms. The van der Waals surface area contributed by atoms with Crippen LogP contribution in [0.3, 0.4) is 0 Å². The van der Waals surface area contributed by atoms with Crippen LogP contribution in [0.25, 0.3) is 22.2 Å². The summed E-state index contributed by atoms with van der Waals surface area (Å²) >= 11 is 0. The number of carbonyl (C=O) groups excluding carboxylic acids is 1. The van der Waals surface area contributed by atoms with Gasteiger partial charge in [0.2, 0.25) is 0 Å². The molecular weight excluding hydrogens is 342 g/mol. The normalized spacial score (nSPS) is 12.0. The fourth-order valence-electron chi connectivity index (χ4n) is 2.94. The van der Waals surface area contributed by atoms with Gasteiger partial charge in [-0.15, -0.1) is 0 Å². The quantitative estimate of drug-likeness (QED) is 0.570. The zero-order chi connectivity index (χ0) is 18.6. The minimum atomic E-state index is -0.556. The van der Waals surface area contributed by atoms with Crippen LogP contribution in [-0.4, -0.2) is 27.6 Å². The summed E-state index contributed by atoms with van der Waals surface area (Å²) in [5, 5.41) is 13.3. The van der Waals surface area contributed by atoms with E-state index in [1.165, 1.54) is 0 Å². The highest BCUT2D eigenvalue weighted by Gasteiger charge is 2.16. The highest BCUT2D eigenvalue weighted by molar-refractivity contribution is 5.96. The number of aliphatic hydroxyl groups excluding tert-OH is 1. The van der Waals surface area contributed by atoms with Crippen molar-refractivity contribution < 1.29 is 14.3 Å². The number of carbonyl (C=O) groups is 1. The highest BCUT2D eigenvalue weighted by atomic mass is 16.3. The first-order chi connectivity index (χ1) is 13.3. The molecule has 0 aliphatic heterocycles. The van der Waals surface area contributed by atoms with Crippen LogP contribution in [0, 0.1) is 0 Å². The van der Waals surface area contributed by atoms with Gasteiger partial charge in [0.1, 0.15) is 5.58 Å². The molecule has 0 radical (unpaired) electrons. The summed E-state index contributed by atoms with van der Waals surface area (Å²) in [5.41, 5.74) is 3.56. The third-order valence-corrected chi connectivity index (χ3v) is 4.33. The molecule has 1 atom stereocenters. The van der Waals surface area contributed by atoms with Gasteiger partial charge < -0.3 is 14.8 Å². The molecule has 1 unspecified atom stereocenters. The molecule has 0 bridgehead atoms. The van der Waals surface area contributed by atoms with E-state index in [0.29, 0.717) is 11.3 Å². The fraction of sp³-hybridized carbons (Fsp3) is 0.0952. The van der Waals surface area contributed by atoms with E-state index in [1.54, 1.807) is 42.9 Å². The molecule has 0 aliphatic rings. The molecule has 1 amide bonds. The lowest BCUT2D eigenvalue weighted by atomic mass is 10.1. The zero-order valence-corrected chi connectivity index (χ0v) is 14.4. The predicted octanol–water partition coefficient (Wildman–Crippen LogP) is 3.35. The number of aromatic nitrogens is 2. The van der Waals surface area contributed by atoms with E-state index >= 15 is 0 Å². The number of pyridine rings is 2. The molecule has 4 aromatic rings. The van der Waals surface area contributed by atoms with E-state index in [0.717, 1.165) is 22.2 Å². The summed E-state index contributed by atoms with van der Waals surface area (Å²) < 4.78 is 5.41. The van der Waals surface area contributed by atoms with E-state index in [9.17, 15) is 9.90 Å². The Kier molecular flexibility index (Phi) is 4.63. The highest BCUT2D eigenvalue weighted by Crippen LogP contribution is 2.27. The second-order valence-corrected chi connectivity index (χ2v) is 6.03. The van der Waals surface area contributed by atoms with Crippen molar-refractivity contribution in [2.24, 2.45) is 0 Å². The van der Waals surface area contributed by atoms with E-state index in [1.807, 2.05) is 30.3 Å². The van der Waals surface area contributed by atoms with Crippen molar-refractivity contribution >= 4 is 16.9 Å². The molecule has 6 heteroatoms. The number of amides is 1. The molecule has 2 N–H and O–H groups in total. The maximum Gasteiger partial charge on any atom is 0.251 e. The molecule has 3 heterocycles. The second-order valence-electron chi connectivity index (χ2n) is 6.03. The zero-order valence-electron chi connectivity index (χ0n) is 14.4.